The number of hydrogen-bond acceptors (Lipinski definition) is 3. The third-order valence-corrected chi connectivity index (χ3v) is 2.50. The fourth-order valence-corrected chi connectivity index (χ4v) is 1.74. The lowest BCUT2D eigenvalue weighted by Gasteiger charge is -2.13. The predicted molar refractivity (Wildman–Crippen MR) is 60.1 cm³/mol. The zero-order valence-electron chi connectivity index (χ0n) is 10.0. The van der Waals surface area contributed by atoms with E-state index in [2.05, 4.69) is 13.8 Å². The van der Waals surface area contributed by atoms with Crippen LogP contribution in [-0.2, 0) is 14.2 Å². The Hall–Kier alpha value is -0.120. The average molecular weight is 216 g/mol. The highest BCUT2D eigenvalue weighted by atomic mass is 16.6. The molecule has 2 atom stereocenters. The highest BCUT2D eigenvalue weighted by Gasteiger charge is 2.25. The monoisotopic (exact) mass is 216 g/mol. The molecule has 3 nitrogen and oxygen atoms in total. The molecule has 15 heavy (non-hydrogen) atoms. The molecule has 0 amide bonds. The quantitative estimate of drug-likeness (QED) is 0.583. The van der Waals surface area contributed by atoms with Gasteiger partial charge in [0, 0.05) is 13.2 Å². The summed E-state index contributed by atoms with van der Waals surface area (Å²) in [6, 6.07) is 0. The third kappa shape index (κ3) is 5.50. The molecule has 1 aliphatic rings. The summed E-state index contributed by atoms with van der Waals surface area (Å²) < 4.78 is 16.8. The largest absolute Gasteiger partial charge is 0.379 e. The summed E-state index contributed by atoms with van der Waals surface area (Å²) in [5.41, 5.74) is 0. The Morgan fingerprint density at radius 3 is 1.80 bits per heavy atom. The minimum Gasteiger partial charge on any atom is -0.379 e. The number of hydrogen-bond donors (Lipinski definition) is 0. The van der Waals surface area contributed by atoms with Crippen LogP contribution in [0.2, 0.25) is 0 Å². The highest BCUT2D eigenvalue weighted by molar-refractivity contribution is 4.73. The highest BCUT2D eigenvalue weighted by Crippen LogP contribution is 2.20. The molecule has 0 aromatic heterocycles. The summed E-state index contributed by atoms with van der Waals surface area (Å²) in [4.78, 5) is 0. The van der Waals surface area contributed by atoms with Gasteiger partial charge >= 0.3 is 0 Å². The van der Waals surface area contributed by atoms with E-state index in [-0.39, 0.29) is 0 Å². The van der Waals surface area contributed by atoms with E-state index in [1.54, 1.807) is 0 Å². The maximum atomic E-state index is 5.80. The Morgan fingerprint density at radius 2 is 1.40 bits per heavy atom. The average Bonchev–Trinajstić information content (AvgIpc) is 2.67. The van der Waals surface area contributed by atoms with Gasteiger partial charge in [-0.15, -0.1) is 0 Å². The van der Waals surface area contributed by atoms with Gasteiger partial charge in [0.15, 0.2) is 0 Å². The van der Waals surface area contributed by atoms with Crippen LogP contribution in [0.5, 0.6) is 0 Å². The summed E-state index contributed by atoms with van der Waals surface area (Å²) >= 11 is 0. The summed E-state index contributed by atoms with van der Waals surface area (Å²) in [7, 11) is 0. The molecular weight excluding hydrogens is 192 g/mol. The molecule has 1 heterocycles. The third-order valence-electron chi connectivity index (χ3n) is 2.50. The maximum Gasteiger partial charge on any atom is 0.0814 e. The van der Waals surface area contributed by atoms with Crippen molar-refractivity contribution in [2.24, 2.45) is 0 Å². The summed E-state index contributed by atoms with van der Waals surface area (Å²) in [5, 5.41) is 0. The first-order valence-corrected chi connectivity index (χ1v) is 6.17. The topological polar surface area (TPSA) is 27.7 Å². The van der Waals surface area contributed by atoms with Crippen molar-refractivity contribution in [3.63, 3.8) is 0 Å². The second-order valence-corrected chi connectivity index (χ2v) is 4.11. The molecule has 0 radical (unpaired) electrons. The van der Waals surface area contributed by atoms with E-state index in [1.165, 1.54) is 0 Å². The minimum absolute atomic E-state index is 0.298. The van der Waals surface area contributed by atoms with E-state index in [0.29, 0.717) is 12.2 Å². The first-order valence-electron chi connectivity index (χ1n) is 6.17. The molecule has 0 unspecified atom stereocenters. The molecule has 0 bridgehead atoms. The maximum absolute atomic E-state index is 5.80. The molecule has 0 N–H and O–H groups in total. The van der Waals surface area contributed by atoms with Crippen molar-refractivity contribution in [3.8, 4) is 0 Å². The van der Waals surface area contributed by atoms with E-state index >= 15 is 0 Å². The molecule has 1 fully saturated rings. The standard InChI is InChI=1S/C12H24O3/c1-3-7-13-9-11-5-6-12(15-11)10-14-8-4-2/h11-12H,3-10H2,1-2H3/t11-,12-/m0/s1. The molecular formula is C12H24O3. The second-order valence-electron chi connectivity index (χ2n) is 4.11. The lowest BCUT2D eigenvalue weighted by Crippen LogP contribution is -2.20. The van der Waals surface area contributed by atoms with Gasteiger partial charge in [0.05, 0.1) is 25.4 Å². The van der Waals surface area contributed by atoms with Gasteiger partial charge in [0.2, 0.25) is 0 Å². The Balaban J connectivity index is 1.99. The Kier molecular flexibility index (Phi) is 6.98. The molecule has 1 rings (SSSR count). The molecule has 90 valence electrons. The van der Waals surface area contributed by atoms with Gasteiger partial charge < -0.3 is 14.2 Å². The smallest absolute Gasteiger partial charge is 0.0814 e. The van der Waals surface area contributed by atoms with Gasteiger partial charge in [-0.1, -0.05) is 13.8 Å². The number of rotatable bonds is 8. The summed E-state index contributed by atoms with van der Waals surface area (Å²) in [5.74, 6) is 0. The van der Waals surface area contributed by atoms with Crippen LogP contribution in [0.15, 0.2) is 0 Å². The normalized spacial score (nSPS) is 26.0. The van der Waals surface area contributed by atoms with E-state index in [9.17, 15) is 0 Å². The summed E-state index contributed by atoms with van der Waals surface area (Å²) in [6.45, 7) is 7.43. The molecule has 1 aliphatic heterocycles. The van der Waals surface area contributed by atoms with E-state index in [4.69, 9.17) is 14.2 Å². The molecule has 1 saturated heterocycles. The van der Waals surface area contributed by atoms with E-state index < -0.39 is 0 Å². The fraction of sp³-hybridized carbons (Fsp3) is 1.00. The van der Waals surface area contributed by atoms with E-state index in [1.807, 2.05) is 0 Å². The lowest BCUT2D eigenvalue weighted by atomic mass is 10.2. The first-order chi connectivity index (χ1) is 7.36. The van der Waals surface area contributed by atoms with Crippen LogP contribution in [0.25, 0.3) is 0 Å². The second kappa shape index (κ2) is 8.08. The van der Waals surface area contributed by atoms with Crippen molar-refractivity contribution in [3.05, 3.63) is 0 Å². The Bertz CT molecular complexity index is 134. The first kappa shape index (κ1) is 12.9. The van der Waals surface area contributed by atoms with Crippen molar-refractivity contribution < 1.29 is 14.2 Å². The van der Waals surface area contributed by atoms with Crippen molar-refractivity contribution in [1.82, 2.24) is 0 Å². The van der Waals surface area contributed by atoms with Gasteiger partial charge in [0.25, 0.3) is 0 Å². The van der Waals surface area contributed by atoms with Crippen LogP contribution >= 0.6 is 0 Å². The zero-order chi connectivity index (χ0) is 10.9. The SMILES string of the molecule is CCCOC[C@@H]1CC[C@@H](COCCC)O1. The lowest BCUT2D eigenvalue weighted by molar-refractivity contribution is -0.0451. The van der Waals surface area contributed by atoms with Crippen LogP contribution in [0, 0.1) is 0 Å². The van der Waals surface area contributed by atoms with Crippen LogP contribution in [-0.4, -0.2) is 38.6 Å². The molecule has 0 aromatic rings. The van der Waals surface area contributed by atoms with Crippen LogP contribution < -0.4 is 0 Å². The van der Waals surface area contributed by atoms with Crippen LogP contribution in [0.3, 0.4) is 0 Å². The zero-order valence-corrected chi connectivity index (χ0v) is 10.0. The van der Waals surface area contributed by atoms with Crippen LogP contribution in [0.1, 0.15) is 39.5 Å². The van der Waals surface area contributed by atoms with Gasteiger partial charge in [-0.3, -0.25) is 0 Å². The molecule has 0 saturated carbocycles. The molecule has 0 aliphatic carbocycles. The van der Waals surface area contributed by atoms with Gasteiger partial charge in [-0.05, 0) is 25.7 Å². The van der Waals surface area contributed by atoms with Gasteiger partial charge in [-0.2, -0.15) is 0 Å². The fourth-order valence-electron chi connectivity index (χ4n) is 1.74. The van der Waals surface area contributed by atoms with Crippen molar-refractivity contribution in [2.45, 2.75) is 51.7 Å². The molecule has 0 aromatic carbocycles. The van der Waals surface area contributed by atoms with Gasteiger partial charge in [0.1, 0.15) is 0 Å². The van der Waals surface area contributed by atoms with Crippen LogP contribution in [0.4, 0.5) is 0 Å². The molecule has 0 spiro atoms. The van der Waals surface area contributed by atoms with Crippen molar-refractivity contribution in [1.29, 1.82) is 0 Å². The van der Waals surface area contributed by atoms with Gasteiger partial charge in [-0.25, -0.2) is 0 Å². The van der Waals surface area contributed by atoms with Crippen molar-refractivity contribution >= 4 is 0 Å². The Labute approximate surface area is 93.1 Å². The summed E-state index contributed by atoms with van der Waals surface area (Å²) in [6.07, 6.45) is 4.98. The number of ether oxygens (including phenoxy) is 3. The predicted octanol–water partition coefficient (Wildman–Crippen LogP) is 2.39. The molecule has 3 heteroatoms. The minimum atomic E-state index is 0.298. The van der Waals surface area contributed by atoms with Crippen molar-refractivity contribution in [2.75, 3.05) is 26.4 Å². The Morgan fingerprint density at radius 1 is 0.933 bits per heavy atom. The van der Waals surface area contributed by atoms with E-state index in [0.717, 1.165) is 52.1 Å².